The highest BCUT2D eigenvalue weighted by Crippen LogP contribution is 2.28. The lowest BCUT2D eigenvalue weighted by Gasteiger charge is -2.10. The Hall–Kier alpha value is -4.99. The molecule has 0 fully saturated rings. The zero-order chi connectivity index (χ0) is 26.2. The van der Waals surface area contributed by atoms with Crippen LogP contribution in [0.25, 0.3) is 6.08 Å². The van der Waals surface area contributed by atoms with Gasteiger partial charge in [0.25, 0.3) is 11.8 Å². The van der Waals surface area contributed by atoms with Crippen molar-refractivity contribution in [2.75, 3.05) is 7.11 Å². The number of ether oxygens (including phenoxy) is 1. The third-order valence-corrected chi connectivity index (χ3v) is 5.18. The number of carbonyl (C=O) groups excluding carboxylic acids is 2. The average molecular weight is 489 g/mol. The third-order valence-electron chi connectivity index (χ3n) is 5.18. The van der Waals surface area contributed by atoms with Crippen molar-refractivity contribution >= 4 is 29.3 Å². The summed E-state index contributed by atoms with van der Waals surface area (Å²) in [6.45, 7) is 3.41. The Balaban J connectivity index is 1.94. The summed E-state index contributed by atoms with van der Waals surface area (Å²) in [4.78, 5) is 36.5. The fraction of sp³-hybridized carbons (Fsp3) is 0.115. The molecule has 0 bridgehead atoms. The zero-order valence-electron chi connectivity index (χ0n) is 19.8. The van der Waals surface area contributed by atoms with Crippen LogP contribution in [0, 0.1) is 17.0 Å². The molecule has 10 nitrogen and oxygen atoms in total. The number of benzene rings is 3. The molecule has 0 heterocycles. The van der Waals surface area contributed by atoms with E-state index in [0.717, 1.165) is 0 Å². The van der Waals surface area contributed by atoms with Gasteiger partial charge in [0, 0.05) is 11.6 Å². The second-order valence-electron chi connectivity index (χ2n) is 7.71. The lowest BCUT2D eigenvalue weighted by atomic mass is 10.1. The molecule has 184 valence electrons. The van der Waals surface area contributed by atoms with Gasteiger partial charge in [0.1, 0.15) is 11.4 Å². The number of nitrogens with zero attached hydrogens (tertiary/aromatic N) is 2. The summed E-state index contributed by atoms with van der Waals surface area (Å²) in [7, 11) is 1.31. The summed E-state index contributed by atoms with van der Waals surface area (Å²) < 4.78 is 5.01. The van der Waals surface area contributed by atoms with Gasteiger partial charge in [0.15, 0.2) is 5.75 Å². The van der Waals surface area contributed by atoms with Gasteiger partial charge < -0.3 is 15.2 Å². The average Bonchev–Trinajstić information content (AvgIpc) is 2.88. The van der Waals surface area contributed by atoms with Crippen LogP contribution in [0.5, 0.6) is 11.5 Å². The van der Waals surface area contributed by atoms with Gasteiger partial charge in [-0.2, -0.15) is 5.10 Å². The molecule has 0 unspecified atom stereocenters. The molecule has 0 saturated carbocycles. The Bertz CT molecular complexity index is 1370. The molecule has 3 aromatic rings. The number of nitrogens with one attached hydrogen (secondary N) is 2. The van der Waals surface area contributed by atoms with E-state index < -0.39 is 16.7 Å². The maximum atomic E-state index is 13.0. The van der Waals surface area contributed by atoms with E-state index in [1.807, 2.05) is 0 Å². The molecule has 0 saturated heterocycles. The molecule has 0 aliphatic rings. The van der Waals surface area contributed by atoms with Crippen molar-refractivity contribution in [3.05, 3.63) is 105 Å². The minimum absolute atomic E-state index is 0.0564. The molecule has 3 aromatic carbocycles. The molecule has 10 heteroatoms. The fourth-order valence-electron chi connectivity index (χ4n) is 3.19. The number of phenols is 1. The van der Waals surface area contributed by atoms with Gasteiger partial charge in [-0.05, 0) is 73.0 Å². The largest absolute Gasteiger partial charge is 0.508 e. The van der Waals surface area contributed by atoms with E-state index in [4.69, 9.17) is 4.74 Å². The predicted octanol–water partition coefficient (Wildman–Crippen LogP) is 3.93. The summed E-state index contributed by atoms with van der Waals surface area (Å²) >= 11 is 0. The summed E-state index contributed by atoms with van der Waals surface area (Å²) in [5, 5.41) is 27.8. The Morgan fingerprint density at radius 2 is 1.78 bits per heavy atom. The Labute approximate surface area is 207 Å². The standard InChI is InChI=1S/C26H24N4O6/c1-16-13-20(10-11-23(16)31)17(2)28-29-26(33)21(27-25(32)19-7-5-4-6-8-19)14-18-9-12-24(36-3)22(15-18)30(34)35/h4-15,31H,1-3H3,(H,27,32)(H,29,33)/b21-14-,28-17+. The van der Waals surface area contributed by atoms with Crippen molar-refractivity contribution in [1.82, 2.24) is 10.7 Å². The number of aryl methyl sites for hydroxylation is 1. The minimum atomic E-state index is -0.743. The molecule has 0 atom stereocenters. The van der Waals surface area contributed by atoms with Crippen LogP contribution in [0.4, 0.5) is 5.69 Å². The molecular formula is C26H24N4O6. The highest BCUT2D eigenvalue weighted by molar-refractivity contribution is 6.06. The molecule has 3 N–H and O–H groups in total. The molecular weight excluding hydrogens is 464 g/mol. The number of nitro groups is 1. The number of rotatable bonds is 8. The van der Waals surface area contributed by atoms with E-state index in [-0.39, 0.29) is 28.4 Å². The van der Waals surface area contributed by atoms with Gasteiger partial charge in [0.05, 0.1) is 17.7 Å². The lowest BCUT2D eigenvalue weighted by Crippen LogP contribution is -2.33. The van der Waals surface area contributed by atoms with Gasteiger partial charge >= 0.3 is 5.69 Å². The van der Waals surface area contributed by atoms with Crippen molar-refractivity contribution in [3.63, 3.8) is 0 Å². The monoisotopic (exact) mass is 488 g/mol. The maximum absolute atomic E-state index is 13.0. The number of aromatic hydroxyl groups is 1. The van der Waals surface area contributed by atoms with Crippen LogP contribution in [-0.2, 0) is 4.79 Å². The van der Waals surface area contributed by atoms with Crippen molar-refractivity contribution in [2.45, 2.75) is 13.8 Å². The number of phenolic OH excluding ortho intramolecular Hbond substituents is 1. The molecule has 0 radical (unpaired) electrons. The maximum Gasteiger partial charge on any atom is 0.311 e. The first-order chi connectivity index (χ1) is 17.2. The SMILES string of the molecule is COc1ccc(/C=C(\NC(=O)c2ccccc2)C(=O)N/N=C(\C)c2ccc(O)c(C)c2)cc1[N+](=O)[O-]. The van der Waals surface area contributed by atoms with E-state index >= 15 is 0 Å². The summed E-state index contributed by atoms with van der Waals surface area (Å²) in [5.74, 6) is -1.10. The summed E-state index contributed by atoms with van der Waals surface area (Å²) in [6.07, 6.45) is 1.30. The normalized spacial score (nSPS) is 11.5. The molecule has 0 aliphatic heterocycles. The van der Waals surface area contributed by atoms with Gasteiger partial charge in [-0.25, -0.2) is 5.43 Å². The second-order valence-corrected chi connectivity index (χ2v) is 7.71. The van der Waals surface area contributed by atoms with Gasteiger partial charge in [0.2, 0.25) is 0 Å². The highest BCUT2D eigenvalue weighted by Gasteiger charge is 2.18. The molecule has 0 aromatic heterocycles. The van der Waals surface area contributed by atoms with Gasteiger partial charge in [-0.1, -0.05) is 24.3 Å². The van der Waals surface area contributed by atoms with Gasteiger partial charge in [-0.15, -0.1) is 0 Å². The van der Waals surface area contributed by atoms with Crippen LogP contribution in [0.1, 0.15) is 34.0 Å². The Morgan fingerprint density at radius 1 is 1.06 bits per heavy atom. The zero-order valence-corrected chi connectivity index (χ0v) is 19.8. The first-order valence-electron chi connectivity index (χ1n) is 10.7. The van der Waals surface area contributed by atoms with E-state index in [1.54, 1.807) is 56.3 Å². The van der Waals surface area contributed by atoms with Crippen LogP contribution in [-0.4, -0.2) is 34.7 Å². The van der Waals surface area contributed by atoms with Crippen molar-refractivity contribution in [3.8, 4) is 11.5 Å². The second kappa shape index (κ2) is 11.4. The van der Waals surface area contributed by atoms with Crippen LogP contribution in [0.3, 0.4) is 0 Å². The van der Waals surface area contributed by atoms with E-state index in [1.165, 1.54) is 37.5 Å². The smallest absolute Gasteiger partial charge is 0.311 e. The fourth-order valence-corrected chi connectivity index (χ4v) is 3.19. The predicted molar refractivity (Wildman–Crippen MR) is 135 cm³/mol. The molecule has 2 amide bonds. The van der Waals surface area contributed by atoms with Gasteiger partial charge in [-0.3, -0.25) is 19.7 Å². The van der Waals surface area contributed by atoms with Crippen LogP contribution < -0.4 is 15.5 Å². The van der Waals surface area contributed by atoms with Crippen LogP contribution in [0.2, 0.25) is 0 Å². The Kier molecular flexibility index (Phi) is 8.14. The molecule has 3 rings (SSSR count). The number of nitro benzene ring substituents is 1. The molecule has 0 aliphatic carbocycles. The highest BCUT2D eigenvalue weighted by atomic mass is 16.6. The number of hydrazone groups is 1. The topological polar surface area (TPSA) is 143 Å². The number of methoxy groups -OCH3 is 1. The number of carbonyl (C=O) groups is 2. The van der Waals surface area contributed by atoms with Crippen LogP contribution >= 0.6 is 0 Å². The summed E-state index contributed by atoms with van der Waals surface area (Å²) in [6, 6.07) is 17.3. The molecule has 36 heavy (non-hydrogen) atoms. The number of hydrogen-bond donors (Lipinski definition) is 3. The number of hydrogen-bond acceptors (Lipinski definition) is 7. The van der Waals surface area contributed by atoms with E-state index in [9.17, 15) is 24.8 Å². The number of amides is 2. The quantitative estimate of drug-likeness (QED) is 0.190. The van der Waals surface area contributed by atoms with Crippen molar-refractivity contribution < 1.29 is 24.4 Å². The van der Waals surface area contributed by atoms with Crippen molar-refractivity contribution in [2.24, 2.45) is 5.10 Å². The van der Waals surface area contributed by atoms with E-state index in [2.05, 4.69) is 15.8 Å². The van der Waals surface area contributed by atoms with E-state index in [0.29, 0.717) is 22.4 Å². The van der Waals surface area contributed by atoms with Crippen LogP contribution in [0.15, 0.2) is 77.5 Å². The Morgan fingerprint density at radius 3 is 2.42 bits per heavy atom. The third kappa shape index (κ3) is 6.32. The lowest BCUT2D eigenvalue weighted by molar-refractivity contribution is -0.385. The van der Waals surface area contributed by atoms with Crippen molar-refractivity contribution in [1.29, 1.82) is 0 Å². The molecule has 0 spiro atoms. The summed E-state index contributed by atoms with van der Waals surface area (Å²) in [5.41, 5.74) is 4.31. The minimum Gasteiger partial charge on any atom is -0.508 e. The first-order valence-corrected chi connectivity index (χ1v) is 10.7. The first kappa shape index (κ1) is 25.6.